The average molecular weight is 278 g/mol. The minimum absolute atomic E-state index is 0.200. The molecule has 21 heavy (non-hydrogen) atoms. The van der Waals surface area contributed by atoms with Crippen LogP contribution in [-0.4, -0.2) is 0 Å². The fraction of sp³-hybridized carbons (Fsp3) is 0.250. The van der Waals surface area contributed by atoms with E-state index in [1.807, 2.05) is 12.1 Å². The van der Waals surface area contributed by atoms with Crippen molar-refractivity contribution in [2.45, 2.75) is 32.7 Å². The molecule has 0 saturated heterocycles. The van der Waals surface area contributed by atoms with E-state index in [1.165, 1.54) is 16.7 Å². The Labute approximate surface area is 128 Å². The van der Waals surface area contributed by atoms with Crippen LogP contribution < -0.4 is 4.57 Å². The van der Waals surface area contributed by atoms with E-state index in [9.17, 15) is 0 Å². The molecule has 0 fully saturated rings. The van der Waals surface area contributed by atoms with E-state index in [2.05, 4.69) is 86.8 Å². The highest BCUT2D eigenvalue weighted by atomic mass is 14.9. The molecule has 1 heteroatoms. The Morgan fingerprint density at radius 3 is 2.19 bits per heavy atom. The largest absolute Gasteiger partial charge is 0.201 e. The molecule has 2 rings (SSSR count). The third-order valence-corrected chi connectivity index (χ3v) is 3.61. The Kier molecular flexibility index (Phi) is 4.74. The summed E-state index contributed by atoms with van der Waals surface area (Å²) in [5.41, 5.74) is 3.93. The standard InChI is InChI=1S/C20H24N/c1-5-17(18-9-7-6-8-10-18)11-14-21-15-12-19(13-16-21)20(2,3)4/h5-13,15-16H,1,14H2,2-4H3/q+1/b17-11+. The van der Waals surface area contributed by atoms with Crippen LogP contribution in [0.3, 0.4) is 0 Å². The molecule has 0 amide bonds. The van der Waals surface area contributed by atoms with Crippen molar-refractivity contribution < 1.29 is 4.57 Å². The van der Waals surface area contributed by atoms with Crippen molar-refractivity contribution >= 4 is 5.57 Å². The second-order valence-electron chi connectivity index (χ2n) is 6.26. The quantitative estimate of drug-likeness (QED) is 0.571. The van der Waals surface area contributed by atoms with Crippen molar-refractivity contribution in [3.05, 3.63) is 84.7 Å². The average Bonchev–Trinajstić information content (AvgIpc) is 2.48. The van der Waals surface area contributed by atoms with Crippen LogP contribution >= 0.6 is 0 Å². The molecule has 1 heterocycles. The summed E-state index contributed by atoms with van der Waals surface area (Å²) in [4.78, 5) is 0. The Bertz CT molecular complexity index is 613. The van der Waals surface area contributed by atoms with Gasteiger partial charge in [0.25, 0.3) is 0 Å². The SMILES string of the molecule is C=C/C(=C\C[n+]1ccc(C(C)(C)C)cc1)c1ccccc1. The van der Waals surface area contributed by atoms with Gasteiger partial charge in [0.2, 0.25) is 0 Å². The fourth-order valence-electron chi connectivity index (χ4n) is 2.23. The van der Waals surface area contributed by atoms with Crippen molar-refractivity contribution in [1.82, 2.24) is 0 Å². The predicted molar refractivity (Wildman–Crippen MR) is 90.0 cm³/mol. The van der Waals surface area contributed by atoms with Crippen LogP contribution in [0.2, 0.25) is 0 Å². The van der Waals surface area contributed by atoms with E-state index in [1.54, 1.807) is 0 Å². The van der Waals surface area contributed by atoms with E-state index < -0.39 is 0 Å². The van der Waals surface area contributed by atoms with Gasteiger partial charge in [0.1, 0.15) is 0 Å². The lowest BCUT2D eigenvalue weighted by molar-refractivity contribution is -0.687. The van der Waals surface area contributed by atoms with Gasteiger partial charge in [-0.3, -0.25) is 0 Å². The zero-order chi connectivity index (χ0) is 15.3. The summed E-state index contributed by atoms with van der Waals surface area (Å²) in [6.07, 6.45) is 8.41. The van der Waals surface area contributed by atoms with E-state index >= 15 is 0 Å². The van der Waals surface area contributed by atoms with Gasteiger partial charge >= 0.3 is 0 Å². The number of hydrogen-bond donors (Lipinski definition) is 0. The summed E-state index contributed by atoms with van der Waals surface area (Å²) in [5, 5.41) is 0. The maximum Gasteiger partial charge on any atom is 0.169 e. The molecular formula is C20H24N+. The molecule has 1 aromatic carbocycles. The molecule has 0 aliphatic heterocycles. The van der Waals surface area contributed by atoms with Gasteiger partial charge in [0.15, 0.2) is 18.9 Å². The molecule has 108 valence electrons. The molecule has 0 radical (unpaired) electrons. The molecule has 0 aliphatic rings. The van der Waals surface area contributed by atoms with E-state index in [-0.39, 0.29) is 5.41 Å². The second-order valence-corrected chi connectivity index (χ2v) is 6.26. The molecule has 0 aliphatic carbocycles. The molecule has 0 bridgehead atoms. The molecule has 0 atom stereocenters. The second kappa shape index (κ2) is 6.53. The minimum atomic E-state index is 0.200. The predicted octanol–water partition coefficient (Wildman–Crippen LogP) is 4.54. The van der Waals surface area contributed by atoms with E-state index in [0.717, 1.165) is 6.54 Å². The summed E-state index contributed by atoms with van der Waals surface area (Å²) >= 11 is 0. The molecule has 1 nitrogen and oxygen atoms in total. The van der Waals surface area contributed by atoms with E-state index in [4.69, 9.17) is 0 Å². The van der Waals surface area contributed by atoms with Gasteiger partial charge in [-0.1, -0.05) is 63.8 Å². The minimum Gasteiger partial charge on any atom is -0.201 e. The summed E-state index contributed by atoms with van der Waals surface area (Å²) in [6.45, 7) is 11.5. The maximum absolute atomic E-state index is 3.92. The Morgan fingerprint density at radius 2 is 1.67 bits per heavy atom. The van der Waals surface area contributed by atoms with Gasteiger partial charge < -0.3 is 0 Å². The molecule has 0 saturated carbocycles. The highest BCUT2D eigenvalue weighted by molar-refractivity contribution is 5.73. The normalized spacial score (nSPS) is 12.2. The smallest absolute Gasteiger partial charge is 0.169 e. The fourth-order valence-corrected chi connectivity index (χ4v) is 2.23. The van der Waals surface area contributed by atoms with Crippen molar-refractivity contribution in [2.24, 2.45) is 0 Å². The summed E-state index contributed by atoms with van der Waals surface area (Å²) in [5.74, 6) is 0. The van der Waals surface area contributed by atoms with Crippen LogP contribution in [0.4, 0.5) is 0 Å². The first-order chi connectivity index (χ1) is 10.0. The van der Waals surface area contributed by atoms with Gasteiger partial charge in [-0.05, 0) is 28.2 Å². The lowest BCUT2D eigenvalue weighted by Gasteiger charge is -2.17. The molecule has 1 aromatic heterocycles. The van der Waals surface area contributed by atoms with Gasteiger partial charge in [-0.25, -0.2) is 4.57 Å². The third kappa shape index (κ3) is 4.16. The van der Waals surface area contributed by atoms with Crippen molar-refractivity contribution in [3.8, 4) is 0 Å². The van der Waals surface area contributed by atoms with Gasteiger partial charge in [0.05, 0.1) is 0 Å². The van der Waals surface area contributed by atoms with Gasteiger partial charge in [0, 0.05) is 12.1 Å². The van der Waals surface area contributed by atoms with Crippen molar-refractivity contribution in [3.63, 3.8) is 0 Å². The van der Waals surface area contributed by atoms with Crippen LogP contribution in [-0.2, 0) is 12.0 Å². The van der Waals surface area contributed by atoms with Gasteiger partial charge in [-0.2, -0.15) is 0 Å². The first kappa shape index (κ1) is 15.2. The number of rotatable bonds is 4. The molecule has 2 aromatic rings. The van der Waals surface area contributed by atoms with Crippen molar-refractivity contribution in [1.29, 1.82) is 0 Å². The molecular weight excluding hydrogens is 254 g/mol. The number of aromatic nitrogens is 1. The maximum atomic E-state index is 3.92. The third-order valence-electron chi connectivity index (χ3n) is 3.61. The number of pyridine rings is 1. The zero-order valence-corrected chi connectivity index (χ0v) is 13.2. The number of hydrogen-bond acceptors (Lipinski definition) is 0. The Balaban J connectivity index is 2.14. The topological polar surface area (TPSA) is 3.88 Å². The Hall–Kier alpha value is -2.15. The monoisotopic (exact) mass is 278 g/mol. The molecule has 0 N–H and O–H groups in total. The zero-order valence-electron chi connectivity index (χ0n) is 13.2. The Morgan fingerprint density at radius 1 is 1.05 bits per heavy atom. The van der Waals surface area contributed by atoms with Crippen LogP contribution in [0.1, 0.15) is 31.9 Å². The summed E-state index contributed by atoms with van der Waals surface area (Å²) < 4.78 is 2.18. The van der Waals surface area contributed by atoms with Crippen LogP contribution in [0.5, 0.6) is 0 Å². The van der Waals surface area contributed by atoms with Crippen LogP contribution in [0, 0.1) is 0 Å². The molecule has 0 unspecified atom stereocenters. The lowest BCUT2D eigenvalue weighted by atomic mass is 9.88. The number of nitrogens with zero attached hydrogens (tertiary/aromatic N) is 1. The van der Waals surface area contributed by atoms with Crippen LogP contribution in [0.25, 0.3) is 5.57 Å². The highest BCUT2D eigenvalue weighted by Crippen LogP contribution is 2.20. The summed E-state index contributed by atoms with van der Waals surface area (Å²) in [7, 11) is 0. The first-order valence-corrected chi connectivity index (χ1v) is 7.38. The lowest BCUT2D eigenvalue weighted by Crippen LogP contribution is -2.32. The van der Waals surface area contributed by atoms with Crippen molar-refractivity contribution in [2.75, 3.05) is 0 Å². The first-order valence-electron chi connectivity index (χ1n) is 7.38. The number of allylic oxidation sites excluding steroid dienone is 3. The molecule has 0 spiro atoms. The van der Waals surface area contributed by atoms with Gasteiger partial charge in [-0.15, -0.1) is 0 Å². The number of benzene rings is 1. The van der Waals surface area contributed by atoms with Crippen LogP contribution in [0.15, 0.2) is 73.6 Å². The summed E-state index contributed by atoms with van der Waals surface area (Å²) in [6, 6.07) is 14.8. The highest BCUT2D eigenvalue weighted by Gasteiger charge is 2.14. The van der Waals surface area contributed by atoms with E-state index in [0.29, 0.717) is 0 Å².